The Morgan fingerprint density at radius 1 is 1.00 bits per heavy atom. The van der Waals surface area contributed by atoms with Crippen molar-refractivity contribution in [2.45, 2.75) is 37.6 Å². The van der Waals surface area contributed by atoms with Crippen molar-refractivity contribution < 1.29 is 9.18 Å². The van der Waals surface area contributed by atoms with E-state index in [1.165, 1.54) is 6.07 Å². The van der Waals surface area contributed by atoms with Gasteiger partial charge in [-0.2, -0.15) is 0 Å². The van der Waals surface area contributed by atoms with Gasteiger partial charge < -0.3 is 9.88 Å². The highest BCUT2D eigenvalue weighted by molar-refractivity contribution is 6.07. The van der Waals surface area contributed by atoms with Gasteiger partial charge >= 0.3 is 0 Å². The number of hydrogen-bond acceptors (Lipinski definition) is 5. The molecule has 7 nitrogen and oxygen atoms in total. The maximum atomic E-state index is 14.7. The molecule has 0 unspecified atom stereocenters. The predicted molar refractivity (Wildman–Crippen MR) is 121 cm³/mol. The number of benzene rings is 1. The zero-order chi connectivity index (χ0) is 22.4. The Morgan fingerprint density at radius 3 is 2.58 bits per heavy atom. The molecule has 2 fully saturated rings. The molecule has 0 spiro atoms. The van der Waals surface area contributed by atoms with E-state index in [9.17, 15) is 9.18 Å². The summed E-state index contributed by atoms with van der Waals surface area (Å²) in [5, 5.41) is 11.0. The largest absolute Gasteiger partial charge is 0.321 e. The zero-order valence-corrected chi connectivity index (χ0v) is 17.8. The first-order chi connectivity index (χ1) is 16.2. The van der Waals surface area contributed by atoms with Crippen molar-refractivity contribution in [1.29, 1.82) is 0 Å². The zero-order valence-electron chi connectivity index (χ0n) is 17.8. The maximum Gasteiger partial charge on any atom is 0.274 e. The van der Waals surface area contributed by atoms with E-state index in [0.29, 0.717) is 34.7 Å². The monoisotopic (exact) mass is 440 g/mol. The Kier molecular flexibility index (Phi) is 4.71. The number of carbonyl (C=O) groups excluding carboxylic acids is 1. The fraction of sp³-hybridized carbons (Fsp3) is 0.240. The molecule has 3 heterocycles. The van der Waals surface area contributed by atoms with Gasteiger partial charge in [0.15, 0.2) is 5.82 Å². The summed E-state index contributed by atoms with van der Waals surface area (Å²) in [5.41, 5.74) is 3.65. The van der Waals surface area contributed by atoms with Crippen molar-refractivity contribution >= 4 is 11.6 Å². The number of nitrogens with one attached hydrogen (secondary N) is 1. The number of aromatic nitrogens is 5. The first-order valence-electron chi connectivity index (χ1n) is 11.1. The van der Waals surface area contributed by atoms with Gasteiger partial charge in [0.05, 0.1) is 5.56 Å². The fourth-order valence-electron chi connectivity index (χ4n) is 4.04. The average Bonchev–Trinajstić information content (AvgIpc) is 3.79. The Balaban J connectivity index is 1.35. The summed E-state index contributed by atoms with van der Waals surface area (Å²) < 4.78 is 16.6. The molecule has 1 amide bonds. The van der Waals surface area contributed by atoms with Crippen molar-refractivity contribution in [1.82, 2.24) is 24.7 Å². The van der Waals surface area contributed by atoms with Crippen LogP contribution in [0.3, 0.4) is 0 Å². The molecular formula is C25H21FN6O. The summed E-state index contributed by atoms with van der Waals surface area (Å²) >= 11 is 0. The lowest BCUT2D eigenvalue weighted by molar-refractivity contribution is 0.102. The molecule has 6 rings (SSSR count). The number of amides is 1. The Morgan fingerprint density at radius 2 is 1.82 bits per heavy atom. The molecular weight excluding hydrogens is 419 g/mol. The molecule has 0 bridgehead atoms. The van der Waals surface area contributed by atoms with Gasteiger partial charge in [0, 0.05) is 41.3 Å². The van der Waals surface area contributed by atoms with Crippen LogP contribution < -0.4 is 5.32 Å². The highest BCUT2D eigenvalue weighted by Crippen LogP contribution is 2.40. The number of carbonyl (C=O) groups is 1. The first kappa shape index (κ1) is 19.7. The summed E-state index contributed by atoms with van der Waals surface area (Å²) in [6.07, 6.45) is 9.25. The van der Waals surface area contributed by atoms with Crippen LogP contribution in [0.4, 0.5) is 10.1 Å². The normalized spacial score (nSPS) is 15.4. The molecule has 164 valence electrons. The molecule has 33 heavy (non-hydrogen) atoms. The van der Waals surface area contributed by atoms with E-state index < -0.39 is 5.82 Å². The van der Waals surface area contributed by atoms with Crippen LogP contribution in [-0.4, -0.2) is 30.6 Å². The standard InChI is InChI=1S/C25H21FN6O/c26-21-7-3-17(13-20(21)24-31-28-14-32(24)18-4-5-18)29-25(33)23-19(15-9-11-27-12-10-15)6-8-22(30-23)16-1-2-16/h3,6-14,16,18H,1-2,4-5H2,(H,29,33). The molecule has 0 aliphatic heterocycles. The number of pyridine rings is 2. The van der Waals surface area contributed by atoms with E-state index >= 15 is 0 Å². The molecule has 2 saturated carbocycles. The summed E-state index contributed by atoms with van der Waals surface area (Å²) in [5.74, 6) is 0.131. The molecule has 1 N–H and O–H groups in total. The van der Waals surface area contributed by atoms with Crippen LogP contribution in [0, 0.1) is 5.82 Å². The topological polar surface area (TPSA) is 85.6 Å². The Labute approximate surface area is 189 Å². The Bertz CT molecular complexity index is 1340. The van der Waals surface area contributed by atoms with E-state index in [4.69, 9.17) is 4.98 Å². The number of anilines is 1. The summed E-state index contributed by atoms with van der Waals surface area (Å²) in [6, 6.07) is 12.4. The molecule has 3 aromatic heterocycles. The SMILES string of the molecule is O=C(Nc1ccc(F)c(-c2nncn2C2CC2)c1)c1nc(C2CC2)ccc1-c1ccncc1. The lowest BCUT2D eigenvalue weighted by Crippen LogP contribution is -2.16. The molecule has 1 aromatic carbocycles. The van der Waals surface area contributed by atoms with Gasteiger partial charge in [-0.15, -0.1) is 10.2 Å². The summed E-state index contributed by atoms with van der Waals surface area (Å²) in [7, 11) is 0. The van der Waals surface area contributed by atoms with Crippen LogP contribution in [0.5, 0.6) is 0 Å². The molecule has 0 radical (unpaired) electrons. The van der Waals surface area contributed by atoms with E-state index in [1.54, 1.807) is 30.9 Å². The minimum atomic E-state index is -0.408. The number of halogens is 1. The van der Waals surface area contributed by atoms with Crippen molar-refractivity contribution in [2.75, 3.05) is 5.32 Å². The van der Waals surface area contributed by atoms with Crippen LogP contribution in [0.25, 0.3) is 22.5 Å². The van der Waals surface area contributed by atoms with Crippen LogP contribution in [-0.2, 0) is 0 Å². The van der Waals surface area contributed by atoms with Crippen LogP contribution >= 0.6 is 0 Å². The molecule has 8 heteroatoms. The van der Waals surface area contributed by atoms with Gasteiger partial charge in [0.25, 0.3) is 5.91 Å². The maximum absolute atomic E-state index is 14.7. The van der Waals surface area contributed by atoms with Crippen molar-refractivity contribution in [2.24, 2.45) is 0 Å². The van der Waals surface area contributed by atoms with Gasteiger partial charge in [-0.05, 0) is 67.6 Å². The third-order valence-corrected chi connectivity index (χ3v) is 6.10. The smallest absolute Gasteiger partial charge is 0.274 e. The summed E-state index contributed by atoms with van der Waals surface area (Å²) in [6.45, 7) is 0. The quantitative estimate of drug-likeness (QED) is 0.456. The van der Waals surface area contributed by atoms with E-state index in [0.717, 1.165) is 42.5 Å². The van der Waals surface area contributed by atoms with Gasteiger partial charge in [-0.25, -0.2) is 9.37 Å². The van der Waals surface area contributed by atoms with Crippen LogP contribution in [0.1, 0.15) is 53.8 Å². The fourth-order valence-corrected chi connectivity index (χ4v) is 4.04. The number of nitrogens with zero attached hydrogens (tertiary/aromatic N) is 5. The van der Waals surface area contributed by atoms with Crippen molar-refractivity contribution in [3.05, 3.63) is 78.4 Å². The molecule has 4 aromatic rings. The highest BCUT2D eigenvalue weighted by atomic mass is 19.1. The first-order valence-corrected chi connectivity index (χ1v) is 11.1. The van der Waals surface area contributed by atoms with Gasteiger partial charge in [-0.3, -0.25) is 9.78 Å². The molecule has 0 saturated heterocycles. The molecule has 0 atom stereocenters. The van der Waals surface area contributed by atoms with Crippen LogP contribution in [0.2, 0.25) is 0 Å². The molecule has 2 aliphatic rings. The minimum Gasteiger partial charge on any atom is -0.321 e. The third-order valence-electron chi connectivity index (χ3n) is 6.10. The number of hydrogen-bond donors (Lipinski definition) is 1. The van der Waals surface area contributed by atoms with E-state index in [1.807, 2.05) is 28.8 Å². The second-order valence-electron chi connectivity index (χ2n) is 8.58. The van der Waals surface area contributed by atoms with Gasteiger partial charge in [-0.1, -0.05) is 6.07 Å². The Hall–Kier alpha value is -3.94. The van der Waals surface area contributed by atoms with Crippen molar-refractivity contribution in [3.8, 4) is 22.5 Å². The van der Waals surface area contributed by atoms with E-state index in [-0.39, 0.29) is 5.91 Å². The average molecular weight is 440 g/mol. The highest BCUT2D eigenvalue weighted by Gasteiger charge is 2.29. The number of rotatable bonds is 6. The lowest BCUT2D eigenvalue weighted by atomic mass is 10.0. The lowest BCUT2D eigenvalue weighted by Gasteiger charge is -2.13. The molecule has 2 aliphatic carbocycles. The second-order valence-corrected chi connectivity index (χ2v) is 8.58. The minimum absolute atomic E-state index is 0.310. The van der Waals surface area contributed by atoms with Gasteiger partial charge in [0.1, 0.15) is 17.8 Å². The van der Waals surface area contributed by atoms with Gasteiger partial charge in [0.2, 0.25) is 0 Å². The third kappa shape index (κ3) is 3.88. The predicted octanol–water partition coefficient (Wildman–Crippen LogP) is 5.01. The van der Waals surface area contributed by atoms with Crippen LogP contribution in [0.15, 0.2) is 61.2 Å². The van der Waals surface area contributed by atoms with Crippen molar-refractivity contribution in [3.63, 3.8) is 0 Å². The van der Waals surface area contributed by atoms with E-state index in [2.05, 4.69) is 20.5 Å². The summed E-state index contributed by atoms with van der Waals surface area (Å²) in [4.78, 5) is 22.1. The second kappa shape index (κ2) is 7.88.